The fraction of sp³-hybridized carbons (Fsp3) is 0.565. The summed E-state index contributed by atoms with van der Waals surface area (Å²) in [4.78, 5) is 30.7. The predicted octanol–water partition coefficient (Wildman–Crippen LogP) is 4.28. The summed E-state index contributed by atoms with van der Waals surface area (Å²) in [5.41, 5.74) is 3.33. The second-order valence-electron chi connectivity index (χ2n) is 8.26. The fourth-order valence-corrected chi connectivity index (χ4v) is 4.77. The number of hydrogen-bond donors (Lipinski definition) is 0. The van der Waals surface area contributed by atoms with E-state index in [4.69, 9.17) is 0 Å². The van der Waals surface area contributed by atoms with Gasteiger partial charge in [0.2, 0.25) is 0 Å². The van der Waals surface area contributed by atoms with Crippen molar-refractivity contribution in [1.29, 1.82) is 0 Å². The number of aryl methyl sites for hydroxylation is 1. The highest BCUT2D eigenvalue weighted by Gasteiger charge is 2.44. The molecule has 4 nitrogen and oxygen atoms in total. The van der Waals surface area contributed by atoms with Crippen molar-refractivity contribution < 1.29 is 9.59 Å². The minimum Gasteiger partial charge on any atom is -0.366 e. The molecule has 0 N–H and O–H groups in total. The number of hydrogen-bond acceptors (Lipinski definition) is 3. The van der Waals surface area contributed by atoms with Crippen LogP contribution < -0.4 is 0 Å². The number of nitrogens with zero attached hydrogens (tertiary/aromatic N) is 2. The molecule has 3 aliphatic rings. The lowest BCUT2D eigenvalue weighted by Gasteiger charge is -2.29. The van der Waals surface area contributed by atoms with Gasteiger partial charge in [0, 0.05) is 19.1 Å². The third kappa shape index (κ3) is 3.54. The molecule has 2 aliphatic heterocycles. The van der Waals surface area contributed by atoms with Crippen molar-refractivity contribution in [3.63, 3.8) is 0 Å². The van der Waals surface area contributed by atoms with Crippen molar-refractivity contribution in [3.8, 4) is 0 Å². The van der Waals surface area contributed by atoms with Crippen molar-refractivity contribution in [2.45, 2.75) is 70.8 Å². The van der Waals surface area contributed by atoms with E-state index in [9.17, 15) is 9.59 Å². The fourth-order valence-electron chi connectivity index (χ4n) is 4.77. The maximum atomic E-state index is 13.5. The van der Waals surface area contributed by atoms with Crippen LogP contribution in [0.4, 0.5) is 0 Å². The van der Waals surface area contributed by atoms with Gasteiger partial charge in [-0.25, -0.2) is 0 Å². The summed E-state index contributed by atoms with van der Waals surface area (Å²) in [5.74, 6) is -0.126. The van der Waals surface area contributed by atoms with E-state index in [1.807, 2.05) is 31.2 Å². The van der Waals surface area contributed by atoms with Gasteiger partial charge >= 0.3 is 0 Å². The van der Waals surface area contributed by atoms with Crippen LogP contribution in [0, 0.1) is 6.92 Å². The number of likely N-dealkylation sites (tertiary alicyclic amines) is 1. The third-order valence-corrected chi connectivity index (χ3v) is 6.29. The summed E-state index contributed by atoms with van der Waals surface area (Å²) < 4.78 is 0. The molecule has 2 fully saturated rings. The summed E-state index contributed by atoms with van der Waals surface area (Å²) in [5, 5.41) is 0. The maximum absolute atomic E-state index is 13.5. The average molecular weight is 367 g/mol. The zero-order valence-electron chi connectivity index (χ0n) is 16.4. The monoisotopic (exact) mass is 366 g/mol. The predicted molar refractivity (Wildman–Crippen MR) is 107 cm³/mol. The second-order valence-corrected chi connectivity index (χ2v) is 8.26. The first-order valence-electron chi connectivity index (χ1n) is 10.6. The molecular weight excluding hydrogens is 336 g/mol. The van der Waals surface area contributed by atoms with Crippen LogP contribution in [0.1, 0.15) is 68.9 Å². The molecule has 1 aromatic carbocycles. The first-order valence-corrected chi connectivity index (χ1v) is 10.6. The Morgan fingerprint density at radius 2 is 1.37 bits per heavy atom. The largest absolute Gasteiger partial charge is 0.366 e. The van der Waals surface area contributed by atoms with Gasteiger partial charge in [0.15, 0.2) is 0 Å². The summed E-state index contributed by atoms with van der Waals surface area (Å²) in [6.07, 6.45) is 10.0. The van der Waals surface area contributed by atoms with E-state index < -0.39 is 0 Å². The van der Waals surface area contributed by atoms with Crippen LogP contribution in [-0.4, -0.2) is 40.7 Å². The molecule has 4 rings (SSSR count). The number of benzene rings is 1. The van der Waals surface area contributed by atoms with Crippen molar-refractivity contribution in [2.24, 2.45) is 0 Å². The summed E-state index contributed by atoms with van der Waals surface area (Å²) >= 11 is 0. The molecule has 1 saturated heterocycles. The van der Waals surface area contributed by atoms with Crippen molar-refractivity contribution in [2.75, 3.05) is 13.1 Å². The van der Waals surface area contributed by atoms with Gasteiger partial charge in [-0.2, -0.15) is 0 Å². The number of carbonyl (C=O) groups is 2. The molecule has 144 valence electrons. The van der Waals surface area contributed by atoms with Crippen molar-refractivity contribution in [3.05, 3.63) is 41.1 Å². The van der Waals surface area contributed by atoms with Gasteiger partial charge in [-0.15, -0.1) is 0 Å². The van der Waals surface area contributed by atoms with Crippen LogP contribution in [0.15, 0.2) is 30.0 Å². The third-order valence-electron chi connectivity index (χ3n) is 6.29. The van der Waals surface area contributed by atoms with Gasteiger partial charge in [0.05, 0.1) is 5.57 Å². The summed E-state index contributed by atoms with van der Waals surface area (Å²) in [6, 6.07) is 8.10. The lowest BCUT2D eigenvalue weighted by atomic mass is 9.95. The second kappa shape index (κ2) is 7.87. The number of rotatable bonds is 3. The molecule has 1 aromatic rings. The average Bonchev–Trinajstić information content (AvgIpc) is 3.23. The van der Waals surface area contributed by atoms with Crippen molar-refractivity contribution >= 4 is 17.4 Å². The molecule has 2 amide bonds. The van der Waals surface area contributed by atoms with E-state index in [1.54, 1.807) is 4.90 Å². The minimum atomic E-state index is -0.0728. The normalized spacial score (nSPS) is 22.6. The topological polar surface area (TPSA) is 40.6 Å². The molecule has 27 heavy (non-hydrogen) atoms. The van der Waals surface area contributed by atoms with E-state index in [-0.39, 0.29) is 17.9 Å². The molecule has 1 saturated carbocycles. The van der Waals surface area contributed by atoms with Crippen LogP contribution in [0.5, 0.6) is 0 Å². The van der Waals surface area contributed by atoms with Gasteiger partial charge in [0.25, 0.3) is 11.8 Å². The van der Waals surface area contributed by atoms with Gasteiger partial charge in [-0.05, 0) is 38.2 Å². The van der Waals surface area contributed by atoms with Gasteiger partial charge in [0.1, 0.15) is 5.70 Å². The van der Waals surface area contributed by atoms with Crippen LogP contribution in [0.3, 0.4) is 0 Å². The highest BCUT2D eigenvalue weighted by Crippen LogP contribution is 2.36. The molecule has 1 aliphatic carbocycles. The Morgan fingerprint density at radius 3 is 2.00 bits per heavy atom. The lowest BCUT2D eigenvalue weighted by molar-refractivity contribution is -0.140. The Morgan fingerprint density at radius 1 is 0.778 bits per heavy atom. The molecule has 2 heterocycles. The Bertz CT molecular complexity index is 736. The van der Waals surface area contributed by atoms with Crippen LogP contribution in [0.25, 0.3) is 5.57 Å². The van der Waals surface area contributed by atoms with E-state index in [0.29, 0.717) is 11.3 Å². The zero-order chi connectivity index (χ0) is 18.8. The van der Waals surface area contributed by atoms with E-state index in [2.05, 4.69) is 4.90 Å². The van der Waals surface area contributed by atoms with Crippen LogP contribution in [0.2, 0.25) is 0 Å². The molecule has 0 radical (unpaired) electrons. The van der Waals surface area contributed by atoms with Crippen LogP contribution >= 0.6 is 0 Å². The zero-order valence-corrected chi connectivity index (χ0v) is 16.4. The molecule has 0 aromatic heterocycles. The number of carbonyl (C=O) groups excluding carboxylic acids is 2. The van der Waals surface area contributed by atoms with E-state index >= 15 is 0 Å². The Labute approximate surface area is 162 Å². The van der Waals surface area contributed by atoms with Crippen LogP contribution in [-0.2, 0) is 9.59 Å². The molecule has 4 heteroatoms. The van der Waals surface area contributed by atoms with E-state index in [0.717, 1.165) is 62.7 Å². The first kappa shape index (κ1) is 18.3. The Balaban J connectivity index is 1.71. The standard InChI is InChI=1S/C23H30N2O2/c1-17-11-13-18(14-12-17)20-21(24-15-7-8-16-24)23(27)25(22(20)26)19-9-5-3-2-4-6-10-19/h11-14,19H,2-10,15-16H2,1H3. The smallest absolute Gasteiger partial charge is 0.278 e. The quantitative estimate of drug-likeness (QED) is 0.750. The maximum Gasteiger partial charge on any atom is 0.278 e. The lowest BCUT2D eigenvalue weighted by Crippen LogP contribution is -2.42. The first-order chi connectivity index (χ1) is 13.2. The molecular formula is C23H30N2O2. The highest BCUT2D eigenvalue weighted by molar-refractivity contribution is 6.35. The van der Waals surface area contributed by atoms with Gasteiger partial charge < -0.3 is 4.90 Å². The van der Waals surface area contributed by atoms with Crippen molar-refractivity contribution in [1.82, 2.24) is 9.80 Å². The number of amides is 2. The van der Waals surface area contributed by atoms with E-state index in [1.165, 1.54) is 19.3 Å². The molecule has 0 unspecified atom stereocenters. The minimum absolute atomic E-state index is 0.0527. The molecule has 0 spiro atoms. The Hall–Kier alpha value is -2.10. The highest BCUT2D eigenvalue weighted by atomic mass is 16.2. The summed E-state index contributed by atoms with van der Waals surface area (Å²) in [6.45, 7) is 3.80. The Kier molecular flexibility index (Phi) is 5.33. The van der Waals surface area contributed by atoms with Gasteiger partial charge in [-0.3, -0.25) is 14.5 Å². The molecule has 0 atom stereocenters. The SMILES string of the molecule is Cc1ccc(C2=C(N3CCCC3)C(=O)N(C3CCCCCCC3)C2=O)cc1. The molecule has 0 bridgehead atoms. The van der Waals surface area contributed by atoms with Gasteiger partial charge in [-0.1, -0.05) is 61.9 Å². The number of imide groups is 1. The summed E-state index contributed by atoms with van der Waals surface area (Å²) in [7, 11) is 0.